The molecule has 7 nitrogen and oxygen atoms in total. The van der Waals surface area contributed by atoms with E-state index in [1.165, 1.54) is 0 Å². The molecule has 20 heavy (non-hydrogen) atoms. The summed E-state index contributed by atoms with van der Waals surface area (Å²) in [6, 6.07) is -0.659. The Hall–Kier alpha value is -1.44. The second kappa shape index (κ2) is 4.83. The summed E-state index contributed by atoms with van der Waals surface area (Å²) in [6.45, 7) is 0. The molecule has 1 aromatic heterocycles. The fraction of sp³-hybridized carbons (Fsp3) is 0.750. The van der Waals surface area contributed by atoms with Gasteiger partial charge in [-0.2, -0.15) is 0 Å². The van der Waals surface area contributed by atoms with Crippen LogP contribution in [0.1, 0.15) is 49.3 Å². The topological polar surface area (TPSA) is 102 Å². The number of nitrogens with zero attached hydrogens (tertiary/aromatic N) is 3. The van der Waals surface area contributed by atoms with Crippen LogP contribution in [-0.2, 0) is 21.1 Å². The summed E-state index contributed by atoms with van der Waals surface area (Å²) in [5.74, 6) is 0.349. The Morgan fingerprint density at radius 1 is 1.25 bits per heavy atom. The van der Waals surface area contributed by atoms with Gasteiger partial charge in [0.2, 0.25) is 0 Å². The number of rotatable bonds is 2. The van der Waals surface area contributed by atoms with Gasteiger partial charge >= 0.3 is 5.97 Å². The summed E-state index contributed by atoms with van der Waals surface area (Å²) >= 11 is 0. The van der Waals surface area contributed by atoms with Crippen LogP contribution >= 0.6 is 0 Å². The Morgan fingerprint density at radius 2 is 2.05 bits per heavy atom. The van der Waals surface area contributed by atoms with Crippen molar-refractivity contribution in [2.75, 3.05) is 11.5 Å². The van der Waals surface area contributed by atoms with Crippen molar-refractivity contribution < 1.29 is 18.3 Å². The predicted molar refractivity (Wildman–Crippen MR) is 70.3 cm³/mol. The summed E-state index contributed by atoms with van der Waals surface area (Å²) < 4.78 is 25.2. The number of sulfone groups is 1. The monoisotopic (exact) mass is 299 g/mol. The predicted octanol–water partition coefficient (Wildman–Crippen LogP) is 0.532. The lowest BCUT2D eigenvalue weighted by molar-refractivity contribution is -0.141. The largest absolute Gasteiger partial charge is 0.480 e. The Morgan fingerprint density at radius 3 is 2.75 bits per heavy atom. The molecule has 1 aromatic rings. The molecule has 1 N–H and O–H groups in total. The number of carboxylic acids is 1. The fourth-order valence-corrected chi connectivity index (χ4v) is 4.87. The van der Waals surface area contributed by atoms with Gasteiger partial charge in [0.15, 0.2) is 9.84 Å². The van der Waals surface area contributed by atoms with Gasteiger partial charge in [0.05, 0.1) is 11.5 Å². The Kier molecular flexibility index (Phi) is 3.27. The maximum absolute atomic E-state index is 11.8. The van der Waals surface area contributed by atoms with Crippen LogP contribution in [0.5, 0.6) is 0 Å². The molecule has 0 amide bonds. The number of carboxylic acid groups (broad SMARTS) is 1. The van der Waals surface area contributed by atoms with Gasteiger partial charge in [0, 0.05) is 12.3 Å². The minimum atomic E-state index is -3.05. The molecule has 3 rings (SSSR count). The van der Waals surface area contributed by atoms with E-state index in [1.54, 1.807) is 4.57 Å². The molecule has 0 saturated carbocycles. The fourth-order valence-electron chi connectivity index (χ4n) is 3.17. The van der Waals surface area contributed by atoms with E-state index >= 15 is 0 Å². The van der Waals surface area contributed by atoms with Crippen LogP contribution in [0.4, 0.5) is 0 Å². The van der Waals surface area contributed by atoms with Crippen molar-refractivity contribution in [3.8, 4) is 0 Å². The van der Waals surface area contributed by atoms with Gasteiger partial charge in [-0.3, -0.25) is 0 Å². The zero-order valence-electron chi connectivity index (χ0n) is 11.0. The molecule has 2 aliphatic rings. The highest BCUT2D eigenvalue weighted by Gasteiger charge is 2.35. The molecule has 2 aliphatic heterocycles. The van der Waals surface area contributed by atoms with Crippen molar-refractivity contribution in [3.05, 3.63) is 11.6 Å². The zero-order valence-corrected chi connectivity index (χ0v) is 11.8. The van der Waals surface area contributed by atoms with Gasteiger partial charge in [-0.25, -0.2) is 13.2 Å². The minimum Gasteiger partial charge on any atom is -0.480 e. The minimum absolute atomic E-state index is 0.0530. The third kappa shape index (κ3) is 2.32. The molecule has 0 spiro atoms. The highest BCUT2D eigenvalue weighted by Crippen LogP contribution is 2.33. The first-order valence-corrected chi connectivity index (χ1v) is 8.67. The van der Waals surface area contributed by atoms with E-state index in [1.807, 2.05) is 0 Å². The third-order valence-corrected chi connectivity index (χ3v) is 5.92. The average molecular weight is 299 g/mol. The number of hydrogen-bond donors (Lipinski definition) is 1. The molecule has 3 heterocycles. The lowest BCUT2D eigenvalue weighted by atomic mass is 10.0. The van der Waals surface area contributed by atoms with Crippen LogP contribution in [0.25, 0.3) is 0 Å². The summed E-state index contributed by atoms with van der Waals surface area (Å²) in [7, 11) is -3.05. The van der Waals surface area contributed by atoms with E-state index in [0.29, 0.717) is 30.9 Å². The SMILES string of the molecule is O=C(O)C1CCCc2nnc(C3CCCS(=O)(=O)C3)n21. The number of aliphatic carboxylic acids is 1. The van der Waals surface area contributed by atoms with E-state index in [-0.39, 0.29) is 17.4 Å². The van der Waals surface area contributed by atoms with Gasteiger partial charge in [0.1, 0.15) is 17.7 Å². The van der Waals surface area contributed by atoms with Crippen LogP contribution in [0, 0.1) is 0 Å². The van der Waals surface area contributed by atoms with Crippen LogP contribution in [0.15, 0.2) is 0 Å². The van der Waals surface area contributed by atoms with Crippen molar-refractivity contribution in [3.63, 3.8) is 0 Å². The Balaban J connectivity index is 1.99. The van der Waals surface area contributed by atoms with Gasteiger partial charge < -0.3 is 9.67 Å². The molecule has 8 heteroatoms. The van der Waals surface area contributed by atoms with Crippen molar-refractivity contribution in [2.24, 2.45) is 0 Å². The van der Waals surface area contributed by atoms with E-state index in [0.717, 1.165) is 12.8 Å². The zero-order chi connectivity index (χ0) is 14.3. The van der Waals surface area contributed by atoms with E-state index in [4.69, 9.17) is 0 Å². The van der Waals surface area contributed by atoms with Crippen molar-refractivity contribution in [1.82, 2.24) is 14.8 Å². The highest BCUT2D eigenvalue weighted by atomic mass is 32.2. The number of carbonyl (C=O) groups is 1. The molecule has 0 aliphatic carbocycles. The van der Waals surface area contributed by atoms with Crippen LogP contribution in [0.3, 0.4) is 0 Å². The molecule has 2 atom stereocenters. The van der Waals surface area contributed by atoms with Crippen LogP contribution < -0.4 is 0 Å². The molecule has 0 bridgehead atoms. The van der Waals surface area contributed by atoms with Crippen molar-refractivity contribution in [1.29, 1.82) is 0 Å². The molecule has 0 radical (unpaired) electrons. The van der Waals surface area contributed by atoms with E-state index in [9.17, 15) is 18.3 Å². The number of fused-ring (bicyclic) bond motifs is 1. The Labute approximate surface area is 116 Å². The molecular weight excluding hydrogens is 282 g/mol. The van der Waals surface area contributed by atoms with Crippen molar-refractivity contribution in [2.45, 2.75) is 44.1 Å². The first kappa shape index (κ1) is 13.5. The quantitative estimate of drug-likeness (QED) is 0.854. The summed E-state index contributed by atoms with van der Waals surface area (Å²) in [4.78, 5) is 11.4. The van der Waals surface area contributed by atoms with Crippen LogP contribution in [0.2, 0.25) is 0 Å². The molecule has 1 fully saturated rings. The maximum Gasteiger partial charge on any atom is 0.326 e. The first-order chi connectivity index (χ1) is 9.48. The number of aromatic nitrogens is 3. The van der Waals surface area contributed by atoms with Gasteiger partial charge in [-0.15, -0.1) is 10.2 Å². The molecule has 0 aromatic carbocycles. The molecule has 110 valence electrons. The van der Waals surface area contributed by atoms with Gasteiger partial charge in [-0.05, 0) is 25.7 Å². The van der Waals surface area contributed by atoms with Crippen LogP contribution in [-0.4, -0.2) is 45.8 Å². The average Bonchev–Trinajstić information content (AvgIpc) is 2.80. The van der Waals surface area contributed by atoms with E-state index < -0.39 is 21.8 Å². The van der Waals surface area contributed by atoms with Crippen molar-refractivity contribution >= 4 is 15.8 Å². The number of aryl methyl sites for hydroxylation is 1. The lowest BCUT2D eigenvalue weighted by Crippen LogP contribution is -2.31. The Bertz CT molecular complexity index is 637. The summed E-state index contributed by atoms with van der Waals surface area (Å²) in [5.41, 5.74) is 0. The smallest absolute Gasteiger partial charge is 0.326 e. The van der Waals surface area contributed by atoms with E-state index in [2.05, 4.69) is 10.2 Å². The second-order valence-electron chi connectivity index (χ2n) is 5.54. The maximum atomic E-state index is 11.8. The summed E-state index contributed by atoms with van der Waals surface area (Å²) in [6.07, 6.45) is 3.36. The lowest BCUT2D eigenvalue weighted by Gasteiger charge is -2.27. The second-order valence-corrected chi connectivity index (χ2v) is 7.77. The molecular formula is C12H17N3O4S. The summed E-state index contributed by atoms with van der Waals surface area (Å²) in [5, 5.41) is 17.5. The molecule has 2 unspecified atom stereocenters. The third-order valence-electron chi connectivity index (χ3n) is 4.10. The normalized spacial score (nSPS) is 28.8. The highest BCUT2D eigenvalue weighted by molar-refractivity contribution is 7.91. The van der Waals surface area contributed by atoms with Gasteiger partial charge in [0.25, 0.3) is 0 Å². The standard InChI is InChI=1S/C12H17N3O4S/c16-12(17)9-4-1-5-10-13-14-11(15(9)10)8-3-2-6-20(18,19)7-8/h8-9H,1-7H2,(H,16,17). The number of hydrogen-bond acceptors (Lipinski definition) is 5. The molecule has 1 saturated heterocycles. The first-order valence-electron chi connectivity index (χ1n) is 6.85. The van der Waals surface area contributed by atoms with Gasteiger partial charge in [-0.1, -0.05) is 0 Å².